The minimum atomic E-state index is -0.546. The Hall–Kier alpha value is -2.57. The lowest BCUT2D eigenvalue weighted by Crippen LogP contribution is -2.36. The second kappa shape index (κ2) is 7.35. The van der Waals surface area contributed by atoms with Crippen LogP contribution in [-0.4, -0.2) is 45.6 Å². The SMILES string of the molecule is CC(C)(C)OC(=O)NCCC(=O)N1CCCC1c1nc2ccccc2[nH]1. The first-order chi connectivity index (χ1) is 12.3. The maximum absolute atomic E-state index is 12.6. The molecule has 1 fully saturated rings. The van der Waals surface area contributed by atoms with Crippen LogP contribution >= 0.6 is 0 Å². The standard InChI is InChI=1S/C19H26N4O3/c1-19(2,3)26-18(25)20-11-10-16(24)23-12-6-9-15(23)17-21-13-7-4-5-8-14(13)22-17/h4-5,7-8,15H,6,9-12H2,1-3H3,(H,20,25)(H,21,22). The van der Waals surface area contributed by atoms with E-state index in [-0.39, 0.29) is 24.9 Å². The number of amides is 2. The number of benzene rings is 1. The minimum Gasteiger partial charge on any atom is -0.444 e. The average molecular weight is 358 g/mol. The third-order valence-electron chi connectivity index (χ3n) is 4.30. The Morgan fingerprint density at radius 2 is 2.12 bits per heavy atom. The number of ether oxygens (including phenoxy) is 1. The summed E-state index contributed by atoms with van der Waals surface area (Å²) in [6.45, 7) is 6.39. The number of hydrogen-bond acceptors (Lipinski definition) is 4. The fourth-order valence-corrected chi connectivity index (χ4v) is 3.21. The van der Waals surface area contributed by atoms with Crippen molar-refractivity contribution in [2.45, 2.75) is 51.7 Å². The molecule has 2 amide bonds. The molecule has 0 spiro atoms. The second-order valence-electron chi connectivity index (χ2n) is 7.56. The molecule has 0 bridgehead atoms. The van der Waals surface area contributed by atoms with E-state index in [1.54, 1.807) is 20.8 Å². The summed E-state index contributed by atoms with van der Waals surface area (Å²) in [6, 6.07) is 7.83. The molecule has 1 aromatic heterocycles. The summed E-state index contributed by atoms with van der Waals surface area (Å²) in [4.78, 5) is 34.1. The number of nitrogens with zero attached hydrogens (tertiary/aromatic N) is 2. The lowest BCUT2D eigenvalue weighted by Gasteiger charge is -2.23. The van der Waals surface area contributed by atoms with E-state index in [1.165, 1.54) is 0 Å². The molecule has 1 aromatic carbocycles. The Morgan fingerprint density at radius 1 is 1.35 bits per heavy atom. The molecule has 140 valence electrons. The summed E-state index contributed by atoms with van der Waals surface area (Å²) in [5, 5.41) is 2.64. The highest BCUT2D eigenvalue weighted by Gasteiger charge is 2.31. The molecule has 0 saturated carbocycles. The van der Waals surface area contributed by atoms with E-state index in [4.69, 9.17) is 4.74 Å². The minimum absolute atomic E-state index is 0.0176. The number of fused-ring (bicyclic) bond motifs is 1. The van der Waals surface area contributed by atoms with Gasteiger partial charge in [-0.05, 0) is 45.7 Å². The molecule has 2 heterocycles. The number of likely N-dealkylation sites (tertiary alicyclic amines) is 1. The van der Waals surface area contributed by atoms with Crippen LogP contribution < -0.4 is 5.32 Å². The van der Waals surface area contributed by atoms with Crippen LogP contribution in [-0.2, 0) is 9.53 Å². The molecule has 1 saturated heterocycles. The largest absolute Gasteiger partial charge is 0.444 e. The second-order valence-corrected chi connectivity index (χ2v) is 7.56. The lowest BCUT2D eigenvalue weighted by molar-refractivity contribution is -0.132. The Bertz CT molecular complexity index is 760. The third-order valence-corrected chi connectivity index (χ3v) is 4.30. The zero-order valence-electron chi connectivity index (χ0n) is 15.5. The van der Waals surface area contributed by atoms with E-state index in [1.807, 2.05) is 29.2 Å². The van der Waals surface area contributed by atoms with Crippen LogP contribution in [0.15, 0.2) is 24.3 Å². The molecule has 0 radical (unpaired) electrons. The maximum Gasteiger partial charge on any atom is 0.407 e. The fraction of sp³-hybridized carbons (Fsp3) is 0.526. The van der Waals surface area contributed by atoms with E-state index >= 15 is 0 Å². The normalized spacial score (nSPS) is 17.5. The van der Waals surface area contributed by atoms with Gasteiger partial charge in [-0.2, -0.15) is 0 Å². The number of H-pyrrole nitrogens is 1. The van der Waals surface area contributed by atoms with E-state index in [2.05, 4.69) is 15.3 Å². The van der Waals surface area contributed by atoms with E-state index < -0.39 is 11.7 Å². The van der Waals surface area contributed by atoms with Crippen molar-refractivity contribution in [2.75, 3.05) is 13.1 Å². The van der Waals surface area contributed by atoms with E-state index in [0.29, 0.717) is 6.54 Å². The number of alkyl carbamates (subject to hydrolysis) is 1. The summed E-state index contributed by atoms with van der Waals surface area (Å²) in [5.41, 5.74) is 1.34. The molecule has 7 nitrogen and oxygen atoms in total. The van der Waals surface area contributed by atoms with Crippen molar-refractivity contribution in [3.63, 3.8) is 0 Å². The highest BCUT2D eigenvalue weighted by atomic mass is 16.6. The lowest BCUT2D eigenvalue weighted by atomic mass is 10.2. The number of rotatable bonds is 4. The molecule has 2 aromatic rings. The Balaban J connectivity index is 1.57. The summed E-state index contributed by atoms with van der Waals surface area (Å²) in [6.07, 6.45) is 1.59. The highest BCUT2D eigenvalue weighted by molar-refractivity contribution is 5.79. The molecule has 1 atom stereocenters. The molecule has 3 rings (SSSR count). The topological polar surface area (TPSA) is 87.3 Å². The van der Waals surface area contributed by atoms with Crippen molar-refractivity contribution in [1.29, 1.82) is 0 Å². The van der Waals surface area contributed by atoms with E-state index in [9.17, 15) is 9.59 Å². The van der Waals surface area contributed by atoms with Crippen LogP contribution in [0, 0.1) is 0 Å². The molecule has 1 unspecified atom stereocenters. The number of imidazole rings is 1. The predicted molar refractivity (Wildman–Crippen MR) is 98.6 cm³/mol. The summed E-state index contributed by atoms with van der Waals surface area (Å²) in [5.74, 6) is 0.848. The van der Waals surface area contributed by atoms with Crippen molar-refractivity contribution in [2.24, 2.45) is 0 Å². The van der Waals surface area contributed by atoms with Gasteiger partial charge >= 0.3 is 6.09 Å². The number of carbonyl (C=O) groups excluding carboxylic acids is 2. The maximum atomic E-state index is 12.6. The van der Waals surface area contributed by atoms with Crippen molar-refractivity contribution in [1.82, 2.24) is 20.2 Å². The van der Waals surface area contributed by atoms with E-state index in [0.717, 1.165) is 29.7 Å². The van der Waals surface area contributed by atoms with Crippen LogP contribution in [0.3, 0.4) is 0 Å². The van der Waals surface area contributed by atoms with Crippen LogP contribution in [0.25, 0.3) is 11.0 Å². The van der Waals surface area contributed by atoms with Crippen LogP contribution in [0.5, 0.6) is 0 Å². The monoisotopic (exact) mass is 358 g/mol. The first kappa shape index (κ1) is 18.2. The molecule has 1 aliphatic rings. The first-order valence-corrected chi connectivity index (χ1v) is 9.04. The van der Waals surface area contributed by atoms with Gasteiger partial charge in [0.25, 0.3) is 0 Å². The molecule has 1 aliphatic heterocycles. The Labute approximate surface area is 153 Å². The summed E-state index contributed by atoms with van der Waals surface area (Å²) in [7, 11) is 0. The number of carbonyl (C=O) groups is 2. The number of para-hydroxylation sites is 2. The quantitative estimate of drug-likeness (QED) is 0.879. The zero-order valence-corrected chi connectivity index (χ0v) is 15.5. The molecular weight excluding hydrogens is 332 g/mol. The number of aromatic nitrogens is 2. The number of hydrogen-bond donors (Lipinski definition) is 2. The molecule has 26 heavy (non-hydrogen) atoms. The predicted octanol–water partition coefficient (Wildman–Crippen LogP) is 3.14. The van der Waals surface area contributed by atoms with Crippen molar-refractivity contribution < 1.29 is 14.3 Å². The molecule has 0 aliphatic carbocycles. The fourth-order valence-electron chi connectivity index (χ4n) is 3.21. The van der Waals surface area contributed by atoms with Gasteiger partial charge in [-0.1, -0.05) is 12.1 Å². The molecule has 7 heteroatoms. The van der Waals surface area contributed by atoms with Crippen LogP contribution in [0.2, 0.25) is 0 Å². The molecule has 2 N–H and O–H groups in total. The first-order valence-electron chi connectivity index (χ1n) is 9.04. The van der Waals surface area contributed by atoms with Crippen LogP contribution in [0.4, 0.5) is 4.79 Å². The highest BCUT2D eigenvalue weighted by Crippen LogP contribution is 2.31. The van der Waals surface area contributed by atoms with Gasteiger partial charge in [-0.15, -0.1) is 0 Å². The van der Waals surface area contributed by atoms with Crippen molar-refractivity contribution in [3.05, 3.63) is 30.1 Å². The summed E-state index contributed by atoms with van der Waals surface area (Å²) < 4.78 is 5.18. The van der Waals surface area contributed by atoms with Gasteiger partial charge in [0, 0.05) is 19.5 Å². The van der Waals surface area contributed by atoms with Gasteiger partial charge in [-0.25, -0.2) is 9.78 Å². The summed E-state index contributed by atoms with van der Waals surface area (Å²) >= 11 is 0. The van der Waals surface area contributed by atoms with Gasteiger partial charge in [-0.3, -0.25) is 4.79 Å². The Kier molecular flexibility index (Phi) is 5.15. The van der Waals surface area contributed by atoms with Crippen molar-refractivity contribution in [3.8, 4) is 0 Å². The Morgan fingerprint density at radius 3 is 2.85 bits per heavy atom. The third kappa shape index (κ3) is 4.33. The average Bonchev–Trinajstić information content (AvgIpc) is 3.19. The van der Waals surface area contributed by atoms with Gasteiger partial charge in [0.1, 0.15) is 11.4 Å². The van der Waals surface area contributed by atoms with Gasteiger partial charge < -0.3 is 19.9 Å². The number of aromatic amines is 1. The molecular formula is C19H26N4O3. The van der Waals surface area contributed by atoms with Crippen molar-refractivity contribution >= 4 is 23.0 Å². The number of nitrogens with one attached hydrogen (secondary N) is 2. The van der Waals surface area contributed by atoms with Gasteiger partial charge in [0.2, 0.25) is 5.91 Å². The smallest absolute Gasteiger partial charge is 0.407 e. The van der Waals surface area contributed by atoms with Gasteiger partial charge in [0.15, 0.2) is 0 Å². The van der Waals surface area contributed by atoms with Crippen LogP contribution in [0.1, 0.15) is 51.9 Å². The van der Waals surface area contributed by atoms with Gasteiger partial charge in [0.05, 0.1) is 17.1 Å². The zero-order chi connectivity index (χ0) is 18.7.